The van der Waals surface area contributed by atoms with Gasteiger partial charge in [-0.25, -0.2) is 0 Å². The van der Waals surface area contributed by atoms with E-state index in [1.807, 2.05) is 42.1 Å². The summed E-state index contributed by atoms with van der Waals surface area (Å²) in [7, 11) is 5.41. The highest BCUT2D eigenvalue weighted by atomic mass is 16.2. The van der Waals surface area contributed by atoms with Crippen LogP contribution in [-0.2, 0) is 4.79 Å². The molecule has 1 unspecified atom stereocenters. The number of piperazine rings is 1. The summed E-state index contributed by atoms with van der Waals surface area (Å²) in [4.78, 5) is 30.8. The molecule has 0 aliphatic carbocycles. The van der Waals surface area contributed by atoms with Crippen molar-refractivity contribution in [3.05, 3.63) is 29.8 Å². The lowest BCUT2D eigenvalue weighted by atomic mass is 9.97. The summed E-state index contributed by atoms with van der Waals surface area (Å²) >= 11 is 0. The van der Waals surface area contributed by atoms with E-state index in [1.54, 1.807) is 18.0 Å². The standard InChI is InChI=1S/C14H17N3O2/c1-15-8-9-16(2)14(13(15)19)12(18)10-6-4-5-7-11(10)17(14)3/h4-7H,8-9H2,1-3H3. The average molecular weight is 259 g/mol. The second-order valence-electron chi connectivity index (χ2n) is 5.23. The van der Waals surface area contributed by atoms with Gasteiger partial charge in [0.1, 0.15) is 0 Å². The van der Waals surface area contributed by atoms with E-state index < -0.39 is 5.66 Å². The van der Waals surface area contributed by atoms with E-state index in [0.29, 0.717) is 18.7 Å². The van der Waals surface area contributed by atoms with Gasteiger partial charge in [-0.3, -0.25) is 14.5 Å². The number of carbonyl (C=O) groups excluding carboxylic acids is 2. The predicted molar refractivity (Wildman–Crippen MR) is 72.2 cm³/mol. The summed E-state index contributed by atoms with van der Waals surface area (Å²) in [5.41, 5.74) is 0.250. The third-order valence-electron chi connectivity index (χ3n) is 4.28. The van der Waals surface area contributed by atoms with E-state index in [0.717, 1.165) is 5.69 Å². The second kappa shape index (κ2) is 3.81. The van der Waals surface area contributed by atoms with Crippen LogP contribution in [0.4, 0.5) is 5.69 Å². The first kappa shape index (κ1) is 12.2. The van der Waals surface area contributed by atoms with Gasteiger partial charge in [0.05, 0.1) is 0 Å². The molecule has 2 aliphatic heterocycles. The van der Waals surface area contributed by atoms with Crippen molar-refractivity contribution >= 4 is 17.4 Å². The first-order valence-electron chi connectivity index (χ1n) is 6.35. The van der Waals surface area contributed by atoms with Gasteiger partial charge in [-0.15, -0.1) is 0 Å². The van der Waals surface area contributed by atoms with Crippen LogP contribution in [0, 0.1) is 0 Å². The minimum absolute atomic E-state index is 0.121. The molecule has 1 spiro atoms. The summed E-state index contributed by atoms with van der Waals surface area (Å²) < 4.78 is 0. The Hall–Kier alpha value is -1.88. The number of nitrogens with zero attached hydrogens (tertiary/aromatic N) is 3. The maximum Gasteiger partial charge on any atom is 0.272 e. The van der Waals surface area contributed by atoms with E-state index in [2.05, 4.69) is 0 Å². The maximum absolute atomic E-state index is 12.8. The van der Waals surface area contributed by atoms with Crippen LogP contribution in [0.1, 0.15) is 10.4 Å². The molecular formula is C14H17N3O2. The highest BCUT2D eigenvalue weighted by molar-refractivity contribution is 6.25. The van der Waals surface area contributed by atoms with Crippen molar-refractivity contribution in [2.24, 2.45) is 0 Å². The lowest BCUT2D eigenvalue weighted by molar-refractivity contribution is -0.144. The Morgan fingerprint density at radius 3 is 2.42 bits per heavy atom. The Labute approximate surface area is 112 Å². The number of likely N-dealkylation sites (N-methyl/N-ethyl adjacent to an activating group) is 3. The molecule has 1 aromatic carbocycles. The number of anilines is 1. The molecule has 5 heteroatoms. The minimum Gasteiger partial charge on any atom is -0.341 e. The number of carbonyl (C=O) groups is 2. The van der Waals surface area contributed by atoms with Crippen molar-refractivity contribution in [1.29, 1.82) is 0 Å². The lowest BCUT2D eigenvalue weighted by Gasteiger charge is -2.47. The fourth-order valence-corrected chi connectivity index (χ4v) is 3.14. The van der Waals surface area contributed by atoms with Crippen molar-refractivity contribution in [3.63, 3.8) is 0 Å². The fourth-order valence-electron chi connectivity index (χ4n) is 3.14. The molecule has 0 bridgehead atoms. The smallest absolute Gasteiger partial charge is 0.272 e. The highest BCUT2D eigenvalue weighted by Gasteiger charge is 2.60. The monoisotopic (exact) mass is 259 g/mol. The third kappa shape index (κ3) is 1.28. The van der Waals surface area contributed by atoms with Crippen LogP contribution in [0.15, 0.2) is 24.3 Å². The number of amides is 1. The molecule has 1 amide bonds. The van der Waals surface area contributed by atoms with E-state index in [4.69, 9.17) is 0 Å². The number of fused-ring (bicyclic) bond motifs is 1. The van der Waals surface area contributed by atoms with Crippen LogP contribution in [0.2, 0.25) is 0 Å². The summed E-state index contributed by atoms with van der Waals surface area (Å²) in [6.45, 7) is 1.33. The van der Waals surface area contributed by atoms with Gasteiger partial charge in [0, 0.05) is 38.4 Å². The molecule has 0 radical (unpaired) electrons. The molecule has 0 aromatic heterocycles. The zero-order valence-electron chi connectivity index (χ0n) is 11.4. The molecule has 1 fully saturated rings. The van der Waals surface area contributed by atoms with Gasteiger partial charge in [-0.1, -0.05) is 12.1 Å². The van der Waals surface area contributed by atoms with E-state index in [-0.39, 0.29) is 11.7 Å². The molecule has 1 aromatic rings. The SMILES string of the molecule is CN1CCN(C)C2(C(=O)c3ccccc3N2C)C1=O. The van der Waals surface area contributed by atoms with Crippen LogP contribution in [0.25, 0.3) is 0 Å². The van der Waals surface area contributed by atoms with Gasteiger partial charge in [-0.05, 0) is 19.2 Å². The predicted octanol–water partition coefficient (Wildman–Crippen LogP) is 0.419. The topological polar surface area (TPSA) is 43.9 Å². The zero-order chi connectivity index (χ0) is 13.8. The van der Waals surface area contributed by atoms with Gasteiger partial charge in [-0.2, -0.15) is 0 Å². The molecule has 19 heavy (non-hydrogen) atoms. The molecule has 5 nitrogen and oxygen atoms in total. The number of benzene rings is 1. The Morgan fingerprint density at radius 2 is 1.74 bits per heavy atom. The molecule has 2 heterocycles. The molecular weight excluding hydrogens is 242 g/mol. The molecule has 1 saturated heterocycles. The van der Waals surface area contributed by atoms with Crippen molar-refractivity contribution in [3.8, 4) is 0 Å². The summed E-state index contributed by atoms with van der Waals surface area (Å²) in [5, 5.41) is 0. The first-order valence-corrected chi connectivity index (χ1v) is 6.35. The number of para-hydroxylation sites is 1. The molecule has 1 atom stereocenters. The Morgan fingerprint density at radius 1 is 1.05 bits per heavy atom. The van der Waals surface area contributed by atoms with Crippen molar-refractivity contribution in [2.75, 3.05) is 39.1 Å². The second-order valence-corrected chi connectivity index (χ2v) is 5.23. The third-order valence-corrected chi connectivity index (χ3v) is 4.28. The number of hydrogen-bond donors (Lipinski definition) is 0. The summed E-state index contributed by atoms with van der Waals surface area (Å²) in [6, 6.07) is 7.40. The number of hydrogen-bond acceptors (Lipinski definition) is 4. The molecule has 0 N–H and O–H groups in total. The Balaban J connectivity index is 2.20. The number of rotatable bonds is 0. The van der Waals surface area contributed by atoms with Crippen LogP contribution in [0.3, 0.4) is 0 Å². The van der Waals surface area contributed by atoms with Crippen LogP contribution in [0.5, 0.6) is 0 Å². The van der Waals surface area contributed by atoms with Crippen molar-refractivity contribution < 1.29 is 9.59 Å². The average Bonchev–Trinajstić information content (AvgIpc) is 2.64. The largest absolute Gasteiger partial charge is 0.341 e. The van der Waals surface area contributed by atoms with Crippen LogP contribution < -0.4 is 4.90 Å². The lowest BCUT2D eigenvalue weighted by Crippen LogP contribution is -2.72. The molecule has 0 saturated carbocycles. The van der Waals surface area contributed by atoms with Gasteiger partial charge in [0.15, 0.2) is 0 Å². The molecule has 2 aliphatic rings. The van der Waals surface area contributed by atoms with Crippen LogP contribution >= 0.6 is 0 Å². The van der Waals surface area contributed by atoms with Gasteiger partial charge in [0.25, 0.3) is 5.91 Å². The van der Waals surface area contributed by atoms with Gasteiger partial charge >= 0.3 is 0 Å². The van der Waals surface area contributed by atoms with Gasteiger partial charge in [0.2, 0.25) is 11.4 Å². The summed E-state index contributed by atoms with van der Waals surface area (Å²) in [5.74, 6) is -0.269. The highest BCUT2D eigenvalue weighted by Crippen LogP contribution is 2.41. The quantitative estimate of drug-likeness (QED) is 0.633. The number of ketones is 1. The van der Waals surface area contributed by atoms with Crippen molar-refractivity contribution in [2.45, 2.75) is 5.66 Å². The molecule has 100 valence electrons. The minimum atomic E-state index is -1.20. The van der Waals surface area contributed by atoms with E-state index in [1.165, 1.54) is 0 Å². The van der Waals surface area contributed by atoms with E-state index in [9.17, 15) is 9.59 Å². The maximum atomic E-state index is 12.8. The first-order chi connectivity index (χ1) is 9.01. The summed E-state index contributed by atoms with van der Waals surface area (Å²) in [6.07, 6.45) is 0. The molecule has 3 rings (SSSR count). The normalized spacial score (nSPS) is 27.3. The number of Topliss-reactive ketones (excluding diaryl/α,β-unsaturated/α-hetero) is 1. The van der Waals surface area contributed by atoms with Crippen LogP contribution in [-0.4, -0.2) is 61.4 Å². The van der Waals surface area contributed by atoms with Crippen molar-refractivity contribution in [1.82, 2.24) is 9.80 Å². The van der Waals surface area contributed by atoms with E-state index >= 15 is 0 Å². The van der Waals surface area contributed by atoms with Gasteiger partial charge < -0.3 is 9.80 Å². The Kier molecular flexibility index (Phi) is 2.44. The zero-order valence-corrected chi connectivity index (χ0v) is 11.4. The fraction of sp³-hybridized carbons (Fsp3) is 0.429. The Bertz CT molecular complexity index is 572.